The third-order valence-corrected chi connectivity index (χ3v) is 14.6. The van der Waals surface area contributed by atoms with Gasteiger partial charge in [-0.1, -0.05) is 105 Å². The molecule has 15 N–H and O–H groups in total. The number of primary amides is 1. The number of rotatable bonds is 15. The van der Waals surface area contributed by atoms with E-state index in [4.69, 9.17) is 17.2 Å². The summed E-state index contributed by atoms with van der Waals surface area (Å²) in [5.74, 6) is -6.86. The van der Waals surface area contributed by atoms with Crippen LogP contribution in [0.1, 0.15) is 93.9 Å². The molecule has 6 atom stereocenters. The lowest BCUT2D eigenvalue weighted by molar-refractivity contribution is -0.139. The van der Waals surface area contributed by atoms with Crippen LogP contribution in [0.15, 0.2) is 102 Å². The van der Waals surface area contributed by atoms with Gasteiger partial charge in [0.2, 0.25) is 53.2 Å². The second-order valence-corrected chi connectivity index (χ2v) is 20.7. The van der Waals surface area contributed by atoms with Crippen molar-refractivity contribution in [1.29, 1.82) is 0 Å². The zero-order valence-electron chi connectivity index (χ0n) is 45.2. The number of guanidine groups is 1. The van der Waals surface area contributed by atoms with Gasteiger partial charge in [0, 0.05) is 62.8 Å². The Morgan fingerprint density at radius 1 is 0.738 bits per heavy atom. The Balaban J connectivity index is 1.30. The van der Waals surface area contributed by atoms with Crippen molar-refractivity contribution in [2.45, 2.75) is 139 Å². The van der Waals surface area contributed by atoms with E-state index in [0.717, 1.165) is 32.8 Å². The molecule has 22 heteroatoms. The Morgan fingerprint density at radius 3 is 2.11 bits per heavy atom. The molecule has 1 fully saturated rings. The monoisotopic (exact) mass is 1100 g/mol. The van der Waals surface area contributed by atoms with Gasteiger partial charge < -0.3 is 64.7 Å². The first-order valence-electron chi connectivity index (χ1n) is 27.2. The lowest BCUT2D eigenvalue weighted by Crippen LogP contribution is -2.66. The molecule has 5 aromatic rings. The maximum atomic E-state index is 15.4. The highest BCUT2D eigenvalue weighted by atomic mass is 16.2. The van der Waals surface area contributed by atoms with Gasteiger partial charge in [-0.3, -0.25) is 48.1 Å². The summed E-state index contributed by atoms with van der Waals surface area (Å²) in [5, 5.41) is 24.9. The van der Waals surface area contributed by atoms with Gasteiger partial charge in [-0.25, -0.2) is 0 Å². The highest BCUT2D eigenvalue weighted by molar-refractivity contribution is 6.01. The number of amides is 9. The lowest BCUT2D eigenvalue weighted by atomic mass is 9.92. The molecule has 1 aromatic heterocycles. The summed E-state index contributed by atoms with van der Waals surface area (Å²) in [4.78, 5) is 135. The molecule has 1 aliphatic carbocycles. The highest BCUT2D eigenvalue weighted by Crippen LogP contribution is 2.31. The maximum absolute atomic E-state index is 15.4. The Bertz CT molecular complexity index is 3090. The minimum atomic E-state index is -1.80. The average Bonchev–Trinajstić information content (AvgIpc) is 4.02. The Hall–Kier alpha value is -8.82. The minimum absolute atomic E-state index is 0.0433. The van der Waals surface area contributed by atoms with Crippen molar-refractivity contribution in [2.75, 3.05) is 13.1 Å². The van der Waals surface area contributed by atoms with Crippen molar-refractivity contribution in [3.63, 3.8) is 0 Å². The highest BCUT2D eigenvalue weighted by Gasteiger charge is 2.48. The van der Waals surface area contributed by atoms with Crippen molar-refractivity contribution in [3.05, 3.63) is 119 Å². The number of benzene rings is 4. The summed E-state index contributed by atoms with van der Waals surface area (Å²) < 4.78 is 0. The van der Waals surface area contributed by atoms with E-state index in [9.17, 15) is 33.6 Å². The second kappa shape index (κ2) is 27.7. The van der Waals surface area contributed by atoms with Gasteiger partial charge in [0.05, 0.1) is 6.42 Å². The smallest absolute Gasteiger partial charge is 0.247 e. The molecule has 1 aliphatic heterocycles. The topological polar surface area (TPSA) is 356 Å². The zero-order chi connectivity index (χ0) is 57.3. The van der Waals surface area contributed by atoms with E-state index < -0.39 is 101 Å². The molecule has 2 heterocycles. The fourth-order valence-electron chi connectivity index (χ4n) is 10.3. The van der Waals surface area contributed by atoms with Gasteiger partial charge in [-0.15, -0.1) is 0 Å². The number of para-hydroxylation sites is 1. The first-order chi connectivity index (χ1) is 38.4. The summed E-state index contributed by atoms with van der Waals surface area (Å²) in [6, 6.07) is 19.8. The van der Waals surface area contributed by atoms with E-state index in [2.05, 4.69) is 52.5 Å². The van der Waals surface area contributed by atoms with Crippen molar-refractivity contribution >= 4 is 80.8 Å². The van der Waals surface area contributed by atoms with E-state index >= 15 is 9.59 Å². The molecule has 1 spiro atoms. The number of nitrogens with two attached hydrogens (primary N) is 3. The van der Waals surface area contributed by atoms with Crippen molar-refractivity contribution < 1.29 is 43.2 Å². The standard InChI is InChI=1S/C58H73N13O9/c1-3-4-19-44(65-34(2)72)51(75)69-48-30-49(73)62-25-12-11-21-43(50(59)74)66-54(78)47(29-40-33-64-42-20-10-9-18-41(40)42)68-52(76)45(22-13-26-63-57(60)61)67-53(77)46(28-35-23-24-36-14-5-6-15-37(36)27-35)70-56(80)58(71-55(48)79)31-38-16-7-8-17-39(38)32-58/h5-10,14-18,20,23-24,27,33,43-48,64H,3-4,11-13,19,21-22,25-26,28-32H2,1-2H3,(H2,59,74)(H,62,73)(H,65,72)(H,66,78)(H,67,77)(H,68,76)(H,69,75)(H,70,80)(H,71,79)(H4,60,61,63)/t43-,44-,45-,46+,47-,48-/m0/s1. The number of unbranched alkanes of at least 4 members (excludes halogenated alkanes) is 1. The number of H-pyrrole nitrogens is 1. The molecular weight excluding hydrogens is 1020 g/mol. The molecule has 424 valence electrons. The van der Waals surface area contributed by atoms with Gasteiger partial charge in [-0.05, 0) is 77.6 Å². The van der Waals surface area contributed by atoms with Crippen LogP contribution < -0.4 is 59.7 Å². The molecular formula is C58H73N13O9. The molecule has 9 amide bonds. The van der Waals surface area contributed by atoms with Gasteiger partial charge in [-0.2, -0.15) is 0 Å². The molecule has 7 rings (SSSR count). The van der Waals surface area contributed by atoms with Gasteiger partial charge in [0.25, 0.3) is 0 Å². The molecule has 0 radical (unpaired) electrons. The van der Waals surface area contributed by atoms with Crippen LogP contribution in [-0.4, -0.2) is 119 Å². The molecule has 4 aromatic carbocycles. The summed E-state index contributed by atoms with van der Waals surface area (Å²) >= 11 is 0. The minimum Gasteiger partial charge on any atom is -0.370 e. The fourth-order valence-corrected chi connectivity index (χ4v) is 10.3. The maximum Gasteiger partial charge on any atom is 0.247 e. The molecule has 0 unspecified atom stereocenters. The van der Waals surface area contributed by atoms with E-state index in [-0.39, 0.29) is 83.3 Å². The number of hydrogen-bond donors (Lipinski definition) is 12. The van der Waals surface area contributed by atoms with E-state index in [0.29, 0.717) is 24.0 Å². The van der Waals surface area contributed by atoms with Gasteiger partial charge in [0.1, 0.15) is 41.8 Å². The number of carbonyl (C=O) groups excluding carboxylic acids is 9. The van der Waals surface area contributed by atoms with E-state index in [1.165, 1.54) is 6.92 Å². The van der Waals surface area contributed by atoms with E-state index in [1.807, 2.05) is 85.8 Å². The van der Waals surface area contributed by atoms with Crippen LogP contribution in [0.3, 0.4) is 0 Å². The predicted octanol–water partition coefficient (Wildman–Crippen LogP) is 1.11. The quantitative estimate of drug-likeness (QED) is 0.0400. The van der Waals surface area contributed by atoms with Crippen molar-refractivity contribution in [3.8, 4) is 0 Å². The molecule has 80 heavy (non-hydrogen) atoms. The van der Waals surface area contributed by atoms with Crippen molar-refractivity contribution in [1.82, 2.24) is 47.5 Å². The second-order valence-electron chi connectivity index (χ2n) is 20.7. The Labute approximate surface area is 463 Å². The van der Waals surface area contributed by atoms with Crippen LogP contribution in [0.2, 0.25) is 0 Å². The van der Waals surface area contributed by atoms with E-state index in [1.54, 1.807) is 18.3 Å². The molecule has 2 aliphatic rings. The molecule has 0 saturated carbocycles. The van der Waals surface area contributed by atoms with Crippen LogP contribution >= 0.6 is 0 Å². The largest absolute Gasteiger partial charge is 0.370 e. The normalized spacial score (nSPS) is 20.9. The number of aromatic nitrogens is 1. The zero-order valence-corrected chi connectivity index (χ0v) is 45.2. The first kappa shape index (κ1) is 58.9. The number of nitrogens with one attached hydrogen (secondary N) is 9. The lowest BCUT2D eigenvalue weighted by Gasteiger charge is -2.33. The van der Waals surface area contributed by atoms with Gasteiger partial charge >= 0.3 is 0 Å². The Morgan fingerprint density at radius 2 is 1.40 bits per heavy atom. The number of carbonyl (C=O) groups is 9. The number of nitrogens with zero attached hydrogens (tertiary/aromatic N) is 1. The number of aromatic amines is 1. The third kappa shape index (κ3) is 15.9. The molecule has 0 bridgehead atoms. The van der Waals surface area contributed by atoms with Crippen molar-refractivity contribution in [2.24, 2.45) is 22.2 Å². The first-order valence-corrected chi connectivity index (χ1v) is 27.2. The summed E-state index contributed by atoms with van der Waals surface area (Å²) in [6.07, 6.45) is 3.08. The number of hydrogen-bond acceptors (Lipinski definition) is 10. The predicted molar refractivity (Wildman–Crippen MR) is 302 cm³/mol. The fraction of sp³-hybridized carbons (Fsp3) is 0.414. The third-order valence-electron chi connectivity index (χ3n) is 14.6. The summed E-state index contributed by atoms with van der Waals surface area (Å²) in [5.41, 5.74) is 18.9. The van der Waals surface area contributed by atoms with Crippen LogP contribution in [0, 0.1) is 0 Å². The average molecular weight is 1100 g/mol. The van der Waals surface area contributed by atoms with Gasteiger partial charge in [0.15, 0.2) is 5.96 Å². The van der Waals surface area contributed by atoms with Crippen LogP contribution in [-0.2, 0) is 68.8 Å². The summed E-state index contributed by atoms with van der Waals surface area (Å²) in [7, 11) is 0. The SMILES string of the molecule is CCCC[C@H](NC(C)=O)C(=O)N[C@H]1CC(=O)NCCCC[C@@H](C(N)=O)NC(=O)[C@H](Cc2c[nH]c3ccccc23)NC(=O)[C@H](CCCN=C(N)N)NC(=O)[C@@H](Cc2ccc3ccccc3c2)NC(=O)C2(Cc3ccccc3C2)NC1=O. The number of fused-ring (bicyclic) bond motifs is 3. The molecule has 1 saturated heterocycles. The van der Waals surface area contributed by atoms with Crippen LogP contribution in [0.5, 0.6) is 0 Å². The molecule has 22 nitrogen and oxygen atoms in total. The van der Waals surface area contributed by atoms with Crippen LogP contribution in [0.25, 0.3) is 21.7 Å². The summed E-state index contributed by atoms with van der Waals surface area (Å²) in [6.45, 7) is 3.30. The Kier molecular flexibility index (Phi) is 20.4. The number of aliphatic imine (C=N–C) groups is 1. The van der Waals surface area contributed by atoms with Crippen LogP contribution in [0.4, 0.5) is 0 Å².